The Hall–Kier alpha value is -2.77. The largest absolute Gasteiger partial charge is 0.465 e. The zero-order chi connectivity index (χ0) is 17.1. The Morgan fingerprint density at radius 1 is 1.38 bits per heavy atom. The molecule has 8 nitrogen and oxygen atoms in total. The van der Waals surface area contributed by atoms with Crippen LogP contribution in [0.15, 0.2) is 18.2 Å². The maximum atomic E-state index is 12.0. The van der Waals surface area contributed by atoms with E-state index in [0.717, 1.165) is 29.8 Å². The number of amides is 1. The lowest BCUT2D eigenvalue weighted by Gasteiger charge is -2.09. The van der Waals surface area contributed by atoms with Crippen molar-refractivity contribution in [1.29, 1.82) is 0 Å². The maximum Gasteiger partial charge on any atom is 0.337 e. The van der Waals surface area contributed by atoms with Gasteiger partial charge in [0.25, 0.3) is 0 Å². The molecule has 1 amide bonds. The van der Waals surface area contributed by atoms with Gasteiger partial charge in [0.15, 0.2) is 5.82 Å². The standard InChI is InChI=1S/C16H19N5O3/c1-10-7-12(16(23)24-2)5-6-13(10)8-17-14(22)9-21-19-15(18-20-21)11-3-4-11/h5-7,11H,3-4,8-9H2,1-2H3,(H,17,22). The van der Waals surface area contributed by atoms with Crippen molar-refractivity contribution in [2.45, 2.75) is 38.8 Å². The second-order valence-corrected chi connectivity index (χ2v) is 5.86. The topological polar surface area (TPSA) is 99.0 Å². The quantitative estimate of drug-likeness (QED) is 0.793. The number of nitrogens with one attached hydrogen (secondary N) is 1. The second-order valence-electron chi connectivity index (χ2n) is 5.86. The summed E-state index contributed by atoms with van der Waals surface area (Å²) in [5.41, 5.74) is 2.33. The summed E-state index contributed by atoms with van der Waals surface area (Å²) in [6.45, 7) is 2.30. The van der Waals surface area contributed by atoms with E-state index in [1.165, 1.54) is 11.9 Å². The second kappa shape index (κ2) is 6.77. The Morgan fingerprint density at radius 2 is 2.17 bits per heavy atom. The molecule has 24 heavy (non-hydrogen) atoms. The minimum absolute atomic E-state index is 0.0407. The first-order valence-electron chi connectivity index (χ1n) is 7.79. The van der Waals surface area contributed by atoms with Crippen molar-refractivity contribution in [1.82, 2.24) is 25.5 Å². The van der Waals surface area contributed by atoms with Gasteiger partial charge in [0, 0.05) is 12.5 Å². The van der Waals surface area contributed by atoms with E-state index in [4.69, 9.17) is 0 Å². The number of aromatic nitrogens is 4. The van der Waals surface area contributed by atoms with Crippen molar-refractivity contribution in [3.63, 3.8) is 0 Å². The highest BCUT2D eigenvalue weighted by Gasteiger charge is 2.28. The number of nitrogens with zero attached hydrogens (tertiary/aromatic N) is 4. The smallest absolute Gasteiger partial charge is 0.337 e. The Morgan fingerprint density at radius 3 is 2.83 bits per heavy atom. The van der Waals surface area contributed by atoms with Gasteiger partial charge in [0.1, 0.15) is 6.54 Å². The van der Waals surface area contributed by atoms with Crippen LogP contribution in [0.2, 0.25) is 0 Å². The summed E-state index contributed by atoms with van der Waals surface area (Å²) in [5, 5.41) is 14.9. The lowest BCUT2D eigenvalue weighted by atomic mass is 10.1. The molecule has 0 radical (unpaired) electrons. The highest BCUT2D eigenvalue weighted by atomic mass is 16.5. The summed E-state index contributed by atoms with van der Waals surface area (Å²) in [6, 6.07) is 5.23. The lowest BCUT2D eigenvalue weighted by Crippen LogP contribution is -2.28. The van der Waals surface area contributed by atoms with Crippen LogP contribution in [0.25, 0.3) is 0 Å². The number of aryl methyl sites for hydroxylation is 1. The molecule has 8 heteroatoms. The van der Waals surface area contributed by atoms with Crippen molar-refractivity contribution < 1.29 is 14.3 Å². The van der Waals surface area contributed by atoms with E-state index in [1.54, 1.807) is 18.2 Å². The predicted molar refractivity (Wildman–Crippen MR) is 84.2 cm³/mol. The summed E-state index contributed by atoms with van der Waals surface area (Å²) >= 11 is 0. The van der Waals surface area contributed by atoms with Crippen LogP contribution in [0.4, 0.5) is 0 Å². The number of esters is 1. The minimum atomic E-state index is -0.377. The number of methoxy groups -OCH3 is 1. The van der Waals surface area contributed by atoms with Crippen molar-refractivity contribution in [3.8, 4) is 0 Å². The minimum Gasteiger partial charge on any atom is -0.465 e. The van der Waals surface area contributed by atoms with Crippen LogP contribution in [0.5, 0.6) is 0 Å². The van der Waals surface area contributed by atoms with E-state index in [0.29, 0.717) is 18.0 Å². The number of carbonyl (C=O) groups excluding carboxylic acids is 2. The molecule has 1 aliphatic rings. The average molecular weight is 329 g/mol. The van der Waals surface area contributed by atoms with Gasteiger partial charge in [0.05, 0.1) is 12.7 Å². The fourth-order valence-electron chi connectivity index (χ4n) is 2.34. The Labute approximate surface area is 139 Å². The van der Waals surface area contributed by atoms with Gasteiger partial charge in [-0.05, 0) is 48.2 Å². The molecular weight excluding hydrogens is 310 g/mol. The molecular formula is C16H19N5O3. The van der Waals surface area contributed by atoms with Gasteiger partial charge in [-0.1, -0.05) is 6.07 Å². The third kappa shape index (κ3) is 3.76. The molecule has 126 valence electrons. The molecule has 1 heterocycles. The number of hydrogen-bond donors (Lipinski definition) is 1. The molecule has 3 rings (SSSR count). The highest BCUT2D eigenvalue weighted by molar-refractivity contribution is 5.89. The third-order valence-electron chi connectivity index (χ3n) is 3.94. The summed E-state index contributed by atoms with van der Waals surface area (Å²) in [4.78, 5) is 24.8. The fourth-order valence-corrected chi connectivity index (χ4v) is 2.34. The van der Waals surface area contributed by atoms with Gasteiger partial charge in [0.2, 0.25) is 5.91 Å². The highest BCUT2D eigenvalue weighted by Crippen LogP contribution is 2.37. The molecule has 0 spiro atoms. The van der Waals surface area contributed by atoms with Gasteiger partial charge < -0.3 is 10.1 Å². The lowest BCUT2D eigenvalue weighted by molar-refractivity contribution is -0.122. The molecule has 1 aliphatic carbocycles. The number of hydrogen-bond acceptors (Lipinski definition) is 6. The third-order valence-corrected chi connectivity index (χ3v) is 3.94. The van der Waals surface area contributed by atoms with E-state index >= 15 is 0 Å². The normalized spacial score (nSPS) is 13.6. The Kier molecular flexibility index (Phi) is 4.54. The number of benzene rings is 1. The number of rotatable bonds is 6. The Bertz CT molecular complexity index is 767. The van der Waals surface area contributed by atoms with Crippen LogP contribution in [0, 0.1) is 6.92 Å². The molecule has 1 fully saturated rings. The van der Waals surface area contributed by atoms with Crippen molar-refractivity contribution in [2.24, 2.45) is 0 Å². The zero-order valence-electron chi connectivity index (χ0n) is 13.7. The molecule has 0 atom stereocenters. The van der Waals surface area contributed by atoms with Crippen LogP contribution in [-0.2, 0) is 22.6 Å². The van der Waals surface area contributed by atoms with Gasteiger partial charge in [-0.25, -0.2) is 4.79 Å². The first-order chi connectivity index (χ1) is 11.6. The molecule has 2 aromatic rings. The predicted octanol–water partition coefficient (Wildman–Crippen LogP) is 0.962. The zero-order valence-corrected chi connectivity index (χ0v) is 13.7. The van der Waals surface area contributed by atoms with Gasteiger partial charge in [-0.2, -0.15) is 4.80 Å². The number of tetrazole rings is 1. The van der Waals surface area contributed by atoms with Crippen LogP contribution in [-0.4, -0.2) is 39.2 Å². The van der Waals surface area contributed by atoms with E-state index < -0.39 is 0 Å². The van der Waals surface area contributed by atoms with Crippen LogP contribution < -0.4 is 5.32 Å². The Balaban J connectivity index is 1.54. The monoisotopic (exact) mass is 329 g/mol. The van der Waals surface area contributed by atoms with Crippen LogP contribution >= 0.6 is 0 Å². The molecule has 0 bridgehead atoms. The summed E-state index contributed by atoms with van der Waals surface area (Å²) < 4.78 is 4.69. The van der Waals surface area contributed by atoms with Crippen molar-refractivity contribution >= 4 is 11.9 Å². The summed E-state index contributed by atoms with van der Waals surface area (Å²) in [5.74, 6) is 0.568. The van der Waals surface area contributed by atoms with Crippen molar-refractivity contribution in [2.75, 3.05) is 7.11 Å². The number of ether oxygens (including phenoxy) is 1. The first-order valence-corrected chi connectivity index (χ1v) is 7.79. The molecule has 1 saturated carbocycles. The van der Waals surface area contributed by atoms with Gasteiger partial charge >= 0.3 is 5.97 Å². The molecule has 0 unspecified atom stereocenters. The maximum absolute atomic E-state index is 12.0. The van der Waals surface area contributed by atoms with E-state index in [2.05, 4.69) is 25.5 Å². The summed E-state index contributed by atoms with van der Waals surface area (Å²) in [6.07, 6.45) is 2.19. The van der Waals surface area contributed by atoms with Crippen LogP contribution in [0.1, 0.15) is 46.1 Å². The SMILES string of the molecule is COC(=O)c1ccc(CNC(=O)Cn2nnc(C3CC3)n2)c(C)c1. The molecule has 0 saturated heterocycles. The van der Waals surface area contributed by atoms with E-state index in [-0.39, 0.29) is 18.4 Å². The fraction of sp³-hybridized carbons (Fsp3) is 0.438. The molecule has 1 N–H and O–H groups in total. The average Bonchev–Trinajstić information content (AvgIpc) is 3.33. The molecule has 1 aromatic heterocycles. The molecule has 1 aromatic carbocycles. The van der Waals surface area contributed by atoms with Gasteiger partial charge in [-0.3, -0.25) is 4.79 Å². The summed E-state index contributed by atoms with van der Waals surface area (Å²) in [7, 11) is 1.35. The molecule has 0 aliphatic heterocycles. The van der Waals surface area contributed by atoms with Crippen molar-refractivity contribution in [3.05, 3.63) is 40.7 Å². The van der Waals surface area contributed by atoms with E-state index in [1.807, 2.05) is 6.92 Å². The first kappa shape index (κ1) is 16.1. The van der Waals surface area contributed by atoms with E-state index in [9.17, 15) is 9.59 Å². The van der Waals surface area contributed by atoms with Gasteiger partial charge in [-0.15, -0.1) is 10.2 Å². The van der Waals surface area contributed by atoms with Crippen LogP contribution in [0.3, 0.4) is 0 Å². The number of carbonyl (C=O) groups is 2.